The van der Waals surface area contributed by atoms with E-state index in [-0.39, 0.29) is 17.1 Å². The van der Waals surface area contributed by atoms with Crippen molar-refractivity contribution >= 4 is 19.7 Å². The molecule has 2 rings (SSSR count). The summed E-state index contributed by atoms with van der Waals surface area (Å²) < 4.78 is 0. The van der Waals surface area contributed by atoms with Gasteiger partial charge in [-0.25, -0.2) is 0 Å². The van der Waals surface area contributed by atoms with Crippen molar-refractivity contribution in [3.63, 3.8) is 0 Å². The van der Waals surface area contributed by atoms with E-state index in [0.717, 1.165) is 38.0 Å². The van der Waals surface area contributed by atoms with Crippen molar-refractivity contribution in [2.24, 2.45) is 11.8 Å². The van der Waals surface area contributed by atoms with Gasteiger partial charge in [-0.2, -0.15) is 0 Å². The average Bonchev–Trinajstić information content (AvgIpc) is 2.60. The van der Waals surface area contributed by atoms with Crippen LogP contribution in [0.15, 0.2) is 0 Å². The van der Waals surface area contributed by atoms with Crippen molar-refractivity contribution in [3.05, 3.63) is 0 Å². The highest BCUT2D eigenvalue weighted by atomic mass is 16.2. The first-order chi connectivity index (χ1) is 11.9. The fourth-order valence-electron chi connectivity index (χ4n) is 5.14. The molecule has 0 saturated heterocycles. The summed E-state index contributed by atoms with van der Waals surface area (Å²) in [6, 6.07) is 0.295. The van der Waals surface area contributed by atoms with Gasteiger partial charge in [0.2, 0.25) is 11.8 Å². The van der Waals surface area contributed by atoms with Crippen LogP contribution in [-0.2, 0) is 9.59 Å². The Morgan fingerprint density at radius 2 is 1.72 bits per heavy atom. The lowest BCUT2D eigenvalue weighted by molar-refractivity contribution is -0.125. The highest BCUT2D eigenvalue weighted by molar-refractivity contribution is 6.28. The zero-order valence-electron chi connectivity index (χ0n) is 16.5. The summed E-state index contributed by atoms with van der Waals surface area (Å²) in [5, 5.41) is 5.73. The Morgan fingerprint density at radius 1 is 1.04 bits per heavy atom. The second-order valence-corrected chi connectivity index (χ2v) is 8.82. The fourth-order valence-corrected chi connectivity index (χ4v) is 5.14. The number of hydrogen-bond acceptors (Lipinski definition) is 2. The Hall–Kier alpha value is -0.995. The molecule has 0 unspecified atom stereocenters. The Bertz CT molecular complexity index is 451. The van der Waals surface area contributed by atoms with Crippen molar-refractivity contribution < 1.29 is 9.59 Å². The number of hydrogen-bond donors (Lipinski definition) is 2. The quantitative estimate of drug-likeness (QED) is 0.695. The van der Waals surface area contributed by atoms with Gasteiger partial charge in [0, 0.05) is 25.3 Å². The summed E-state index contributed by atoms with van der Waals surface area (Å²) in [7, 11) is 3.93. The maximum Gasteiger partial charge on any atom is 0.217 e. The molecular weight excluding hydrogens is 311 g/mol. The maximum atomic E-state index is 12.7. The first kappa shape index (κ1) is 20.3. The minimum Gasteiger partial charge on any atom is -0.359 e. The SMILES string of the molecule is B[C@](CCC1CCCCC1)(C[C@H]1CCC[C@@H](NC(C)=O)C1)C(=O)NC. The van der Waals surface area contributed by atoms with Gasteiger partial charge in [-0.05, 0) is 37.5 Å². The van der Waals surface area contributed by atoms with Gasteiger partial charge < -0.3 is 10.6 Å². The lowest BCUT2D eigenvalue weighted by Crippen LogP contribution is -2.40. The van der Waals surface area contributed by atoms with Crippen LogP contribution in [0.1, 0.15) is 84.0 Å². The maximum absolute atomic E-state index is 12.7. The molecule has 0 radical (unpaired) electrons. The largest absolute Gasteiger partial charge is 0.359 e. The molecule has 0 bridgehead atoms. The number of rotatable bonds is 7. The molecule has 2 saturated carbocycles. The van der Waals surface area contributed by atoms with Gasteiger partial charge in [0.05, 0.1) is 0 Å². The Kier molecular flexibility index (Phi) is 7.83. The van der Waals surface area contributed by atoms with E-state index in [1.807, 2.05) is 0 Å². The molecule has 25 heavy (non-hydrogen) atoms. The summed E-state index contributed by atoms with van der Waals surface area (Å²) in [6.45, 7) is 1.60. The number of nitrogens with one attached hydrogen (secondary N) is 2. The van der Waals surface area contributed by atoms with Crippen molar-refractivity contribution in [2.75, 3.05) is 7.05 Å². The highest BCUT2D eigenvalue weighted by Crippen LogP contribution is 2.43. The zero-order chi connectivity index (χ0) is 18.3. The molecular formula is C20H37BN2O2. The third kappa shape index (κ3) is 6.34. The van der Waals surface area contributed by atoms with Crippen LogP contribution in [0.4, 0.5) is 0 Å². The molecule has 2 fully saturated rings. The topological polar surface area (TPSA) is 58.2 Å². The van der Waals surface area contributed by atoms with Gasteiger partial charge in [-0.15, -0.1) is 0 Å². The molecule has 0 heterocycles. The highest BCUT2D eigenvalue weighted by Gasteiger charge is 2.37. The summed E-state index contributed by atoms with van der Waals surface area (Å²) in [6.07, 6.45) is 14.4. The van der Waals surface area contributed by atoms with Crippen LogP contribution >= 0.6 is 0 Å². The minimum absolute atomic E-state index is 0.0667. The van der Waals surface area contributed by atoms with Gasteiger partial charge in [0.15, 0.2) is 0 Å². The summed E-state index contributed by atoms with van der Waals surface area (Å²) >= 11 is 0. The molecule has 0 aromatic carbocycles. The predicted octanol–water partition coefficient (Wildman–Crippen LogP) is 2.97. The molecule has 0 aliphatic heterocycles. The van der Waals surface area contributed by atoms with E-state index in [0.29, 0.717) is 12.0 Å². The monoisotopic (exact) mass is 348 g/mol. The lowest BCUT2D eigenvalue weighted by atomic mass is 9.58. The molecule has 142 valence electrons. The van der Waals surface area contributed by atoms with Gasteiger partial charge in [-0.1, -0.05) is 51.4 Å². The van der Waals surface area contributed by atoms with Gasteiger partial charge in [-0.3, -0.25) is 9.59 Å². The summed E-state index contributed by atoms with van der Waals surface area (Å²) in [5.41, 5.74) is 0. The van der Waals surface area contributed by atoms with Crippen LogP contribution in [0, 0.1) is 11.8 Å². The Balaban J connectivity index is 1.93. The molecule has 2 amide bonds. The lowest BCUT2D eigenvalue weighted by Gasteiger charge is -2.37. The second kappa shape index (κ2) is 9.63. The van der Waals surface area contributed by atoms with E-state index in [4.69, 9.17) is 0 Å². The molecule has 3 atom stereocenters. The van der Waals surface area contributed by atoms with Crippen LogP contribution in [0.3, 0.4) is 0 Å². The van der Waals surface area contributed by atoms with E-state index in [1.165, 1.54) is 44.9 Å². The van der Waals surface area contributed by atoms with E-state index in [1.54, 1.807) is 14.0 Å². The van der Waals surface area contributed by atoms with Crippen molar-refractivity contribution in [3.8, 4) is 0 Å². The Labute approximate surface area is 154 Å². The van der Waals surface area contributed by atoms with E-state index < -0.39 is 0 Å². The van der Waals surface area contributed by atoms with E-state index >= 15 is 0 Å². The third-order valence-corrected chi connectivity index (χ3v) is 6.53. The standard InChI is InChI=1S/C20H37BN2O2/c1-15(24)23-18-10-6-9-17(13-18)14-20(21,19(25)22-2)12-11-16-7-4-3-5-8-16/h16-18H,3-14,21H2,1-2H3,(H,22,25)(H,23,24)/t17-,18+,20+/m0/s1. The zero-order valence-corrected chi connectivity index (χ0v) is 16.5. The normalized spacial score (nSPS) is 27.3. The smallest absolute Gasteiger partial charge is 0.217 e. The van der Waals surface area contributed by atoms with E-state index in [9.17, 15) is 9.59 Å². The van der Waals surface area contributed by atoms with Gasteiger partial charge in [0.1, 0.15) is 7.85 Å². The van der Waals surface area contributed by atoms with E-state index in [2.05, 4.69) is 18.5 Å². The van der Waals surface area contributed by atoms with Crippen molar-refractivity contribution in [1.82, 2.24) is 10.6 Å². The Morgan fingerprint density at radius 3 is 2.36 bits per heavy atom. The fraction of sp³-hybridized carbons (Fsp3) is 0.900. The number of amides is 2. The van der Waals surface area contributed by atoms with Gasteiger partial charge in [0.25, 0.3) is 0 Å². The van der Waals surface area contributed by atoms with Crippen molar-refractivity contribution in [2.45, 2.75) is 95.3 Å². The van der Waals surface area contributed by atoms with Crippen LogP contribution in [0.5, 0.6) is 0 Å². The second-order valence-electron chi connectivity index (χ2n) is 8.82. The average molecular weight is 348 g/mol. The van der Waals surface area contributed by atoms with Crippen LogP contribution in [-0.4, -0.2) is 32.8 Å². The molecule has 4 nitrogen and oxygen atoms in total. The number of carbonyl (C=O) groups is 2. The molecule has 0 aromatic rings. The molecule has 5 heteroatoms. The first-order valence-electron chi connectivity index (χ1n) is 10.4. The predicted molar refractivity (Wildman–Crippen MR) is 105 cm³/mol. The van der Waals surface area contributed by atoms with Crippen LogP contribution in [0.2, 0.25) is 5.31 Å². The third-order valence-electron chi connectivity index (χ3n) is 6.53. The number of carbonyl (C=O) groups excluding carboxylic acids is 2. The molecule has 2 aliphatic carbocycles. The summed E-state index contributed by atoms with van der Waals surface area (Å²) in [5.74, 6) is 1.62. The molecule has 0 spiro atoms. The van der Waals surface area contributed by atoms with Crippen LogP contribution in [0.25, 0.3) is 0 Å². The van der Waals surface area contributed by atoms with Crippen LogP contribution < -0.4 is 10.6 Å². The molecule has 2 aliphatic rings. The summed E-state index contributed by atoms with van der Waals surface area (Å²) in [4.78, 5) is 24.0. The minimum atomic E-state index is -0.269. The molecule has 2 N–H and O–H groups in total. The van der Waals surface area contributed by atoms with Gasteiger partial charge >= 0.3 is 0 Å². The molecule has 0 aromatic heterocycles. The van der Waals surface area contributed by atoms with Crippen molar-refractivity contribution in [1.29, 1.82) is 0 Å². The first-order valence-corrected chi connectivity index (χ1v) is 10.4.